The molecule has 6 heteroatoms. The summed E-state index contributed by atoms with van der Waals surface area (Å²) in [5.41, 5.74) is 1.06. The predicted molar refractivity (Wildman–Crippen MR) is 102 cm³/mol. The minimum atomic E-state index is 0.0661. The summed E-state index contributed by atoms with van der Waals surface area (Å²) in [6.45, 7) is 7.37. The van der Waals surface area contributed by atoms with E-state index >= 15 is 0 Å². The van der Waals surface area contributed by atoms with Crippen LogP contribution in [0.2, 0.25) is 5.02 Å². The van der Waals surface area contributed by atoms with Crippen molar-refractivity contribution in [1.82, 2.24) is 20.0 Å². The van der Waals surface area contributed by atoms with Crippen molar-refractivity contribution in [1.29, 1.82) is 0 Å². The van der Waals surface area contributed by atoms with Crippen molar-refractivity contribution < 1.29 is 4.79 Å². The molecule has 0 aliphatic heterocycles. The van der Waals surface area contributed by atoms with Crippen molar-refractivity contribution in [2.75, 3.05) is 19.6 Å². The maximum absolute atomic E-state index is 12.2. The summed E-state index contributed by atoms with van der Waals surface area (Å²) >= 11 is 6.38. The molecule has 1 unspecified atom stereocenters. The summed E-state index contributed by atoms with van der Waals surface area (Å²) in [5.74, 6) is 0.0661. The molecule has 2 aromatic rings. The molecule has 0 fully saturated rings. The molecule has 1 heterocycles. The highest BCUT2D eigenvalue weighted by Crippen LogP contribution is 2.26. The lowest BCUT2D eigenvalue weighted by Gasteiger charge is -2.31. The lowest BCUT2D eigenvalue weighted by atomic mass is 10.0. The van der Waals surface area contributed by atoms with Gasteiger partial charge in [-0.1, -0.05) is 43.6 Å². The number of nitrogens with zero attached hydrogens (tertiary/aromatic N) is 3. The summed E-state index contributed by atoms with van der Waals surface area (Å²) in [6, 6.07) is 9.83. The van der Waals surface area contributed by atoms with Gasteiger partial charge in [-0.05, 0) is 37.2 Å². The molecule has 0 radical (unpaired) electrons. The number of amides is 1. The molecule has 0 aliphatic rings. The second-order valence-electron chi connectivity index (χ2n) is 5.94. The van der Waals surface area contributed by atoms with E-state index in [4.69, 9.17) is 11.6 Å². The van der Waals surface area contributed by atoms with E-state index in [1.165, 1.54) is 0 Å². The zero-order valence-corrected chi connectivity index (χ0v) is 15.7. The highest BCUT2D eigenvalue weighted by Gasteiger charge is 2.20. The maximum Gasteiger partial charge on any atom is 0.220 e. The van der Waals surface area contributed by atoms with Crippen LogP contribution in [0.25, 0.3) is 0 Å². The Labute approximate surface area is 155 Å². The highest BCUT2D eigenvalue weighted by atomic mass is 35.5. The van der Waals surface area contributed by atoms with E-state index < -0.39 is 0 Å². The van der Waals surface area contributed by atoms with Gasteiger partial charge in [-0.25, -0.2) is 0 Å². The zero-order chi connectivity index (χ0) is 18.1. The Hall–Kier alpha value is -1.85. The number of hydrogen-bond acceptors (Lipinski definition) is 3. The molecule has 1 atom stereocenters. The van der Waals surface area contributed by atoms with Gasteiger partial charge in [-0.15, -0.1) is 0 Å². The SMILES string of the molecule is CCN(CC)C(CNC(=O)CCCn1cccn1)c1ccccc1Cl. The molecule has 1 aromatic heterocycles. The number of aromatic nitrogens is 2. The Morgan fingerprint density at radius 3 is 2.68 bits per heavy atom. The molecule has 136 valence electrons. The number of halogens is 1. The minimum Gasteiger partial charge on any atom is -0.354 e. The molecular weight excluding hydrogens is 336 g/mol. The third kappa shape index (κ3) is 5.87. The van der Waals surface area contributed by atoms with Crippen LogP contribution < -0.4 is 5.32 Å². The first-order valence-corrected chi connectivity index (χ1v) is 9.26. The number of likely N-dealkylation sites (N-methyl/N-ethyl adjacent to an activating group) is 1. The van der Waals surface area contributed by atoms with Crippen molar-refractivity contribution in [3.8, 4) is 0 Å². The van der Waals surface area contributed by atoms with E-state index in [-0.39, 0.29) is 11.9 Å². The normalized spacial score (nSPS) is 12.3. The Kier molecular flexibility index (Phi) is 7.95. The molecule has 1 aromatic carbocycles. The van der Waals surface area contributed by atoms with Crippen LogP contribution in [0, 0.1) is 0 Å². The Morgan fingerprint density at radius 1 is 1.28 bits per heavy atom. The van der Waals surface area contributed by atoms with Crippen molar-refractivity contribution in [3.05, 3.63) is 53.3 Å². The molecule has 0 bridgehead atoms. The van der Waals surface area contributed by atoms with Crippen LogP contribution in [0.15, 0.2) is 42.7 Å². The fourth-order valence-electron chi connectivity index (χ4n) is 2.98. The Morgan fingerprint density at radius 2 is 2.04 bits per heavy atom. The van der Waals surface area contributed by atoms with E-state index in [0.29, 0.717) is 13.0 Å². The van der Waals surface area contributed by atoms with Crippen molar-refractivity contribution in [2.45, 2.75) is 39.3 Å². The first-order valence-electron chi connectivity index (χ1n) is 8.88. The first-order chi connectivity index (χ1) is 12.2. The fraction of sp³-hybridized carbons (Fsp3) is 0.474. The summed E-state index contributed by atoms with van der Waals surface area (Å²) in [7, 11) is 0. The molecule has 0 aliphatic carbocycles. The molecule has 0 spiro atoms. The minimum absolute atomic E-state index is 0.0661. The number of carbonyl (C=O) groups is 1. The van der Waals surface area contributed by atoms with Gasteiger partial charge >= 0.3 is 0 Å². The number of carbonyl (C=O) groups excluding carboxylic acids is 1. The van der Waals surface area contributed by atoms with Crippen molar-refractivity contribution in [2.24, 2.45) is 0 Å². The van der Waals surface area contributed by atoms with Gasteiger partial charge < -0.3 is 5.32 Å². The Bertz CT molecular complexity index is 641. The van der Waals surface area contributed by atoms with Gasteiger partial charge in [-0.3, -0.25) is 14.4 Å². The van der Waals surface area contributed by atoms with Crippen LogP contribution in [-0.4, -0.2) is 40.2 Å². The van der Waals surface area contributed by atoms with Gasteiger partial charge in [0.05, 0.1) is 6.04 Å². The molecular formula is C19H27ClN4O. The van der Waals surface area contributed by atoms with Crippen LogP contribution in [0.5, 0.6) is 0 Å². The molecule has 5 nitrogen and oxygen atoms in total. The topological polar surface area (TPSA) is 50.2 Å². The third-order valence-corrected chi connectivity index (χ3v) is 4.70. The van der Waals surface area contributed by atoms with Crippen LogP contribution in [0.4, 0.5) is 0 Å². The molecule has 1 amide bonds. The smallest absolute Gasteiger partial charge is 0.220 e. The molecule has 2 rings (SSSR count). The average Bonchev–Trinajstić information content (AvgIpc) is 3.13. The largest absolute Gasteiger partial charge is 0.354 e. The first kappa shape index (κ1) is 19.5. The molecule has 0 saturated heterocycles. The maximum atomic E-state index is 12.2. The van der Waals surface area contributed by atoms with Crippen LogP contribution in [-0.2, 0) is 11.3 Å². The monoisotopic (exact) mass is 362 g/mol. The van der Waals surface area contributed by atoms with Crippen molar-refractivity contribution in [3.63, 3.8) is 0 Å². The summed E-state index contributed by atoms with van der Waals surface area (Å²) in [6.07, 6.45) is 4.92. The molecule has 25 heavy (non-hydrogen) atoms. The number of benzene rings is 1. The lowest BCUT2D eigenvalue weighted by molar-refractivity contribution is -0.121. The average molecular weight is 363 g/mol. The van der Waals surface area contributed by atoms with Gasteiger partial charge in [0, 0.05) is 36.9 Å². The number of nitrogens with one attached hydrogen (secondary N) is 1. The second kappa shape index (κ2) is 10.2. The van der Waals surface area contributed by atoms with E-state index in [1.54, 1.807) is 6.20 Å². The van der Waals surface area contributed by atoms with Gasteiger partial charge in [0.25, 0.3) is 0 Å². The van der Waals surface area contributed by atoms with E-state index in [9.17, 15) is 4.79 Å². The number of hydrogen-bond donors (Lipinski definition) is 1. The summed E-state index contributed by atoms with van der Waals surface area (Å²) in [4.78, 5) is 14.5. The summed E-state index contributed by atoms with van der Waals surface area (Å²) in [5, 5.41) is 7.96. The highest BCUT2D eigenvalue weighted by molar-refractivity contribution is 6.31. The van der Waals surface area contributed by atoms with Gasteiger partial charge in [0.2, 0.25) is 5.91 Å². The van der Waals surface area contributed by atoms with Crippen LogP contribution >= 0.6 is 11.6 Å². The van der Waals surface area contributed by atoms with Gasteiger partial charge in [0.15, 0.2) is 0 Å². The third-order valence-electron chi connectivity index (χ3n) is 4.36. The quantitative estimate of drug-likeness (QED) is 0.703. The van der Waals surface area contributed by atoms with Gasteiger partial charge in [-0.2, -0.15) is 5.10 Å². The molecule has 0 saturated carbocycles. The van der Waals surface area contributed by atoms with Crippen LogP contribution in [0.3, 0.4) is 0 Å². The standard InChI is InChI=1S/C19H27ClN4O/c1-3-23(4-2)18(16-9-5-6-10-17(16)20)15-21-19(25)11-7-13-24-14-8-12-22-24/h5-6,8-10,12,14,18H,3-4,7,11,13,15H2,1-2H3,(H,21,25). The predicted octanol–water partition coefficient (Wildman–Crippen LogP) is 3.52. The Balaban J connectivity index is 1.90. The molecule has 1 N–H and O–H groups in total. The van der Waals surface area contributed by atoms with E-state index in [2.05, 4.69) is 29.2 Å². The summed E-state index contributed by atoms with van der Waals surface area (Å²) < 4.78 is 1.84. The van der Waals surface area contributed by atoms with Crippen molar-refractivity contribution >= 4 is 17.5 Å². The van der Waals surface area contributed by atoms with Gasteiger partial charge in [0.1, 0.15) is 0 Å². The number of rotatable bonds is 10. The zero-order valence-electron chi connectivity index (χ0n) is 15.0. The number of aryl methyl sites for hydroxylation is 1. The second-order valence-corrected chi connectivity index (χ2v) is 6.34. The van der Waals surface area contributed by atoms with Crippen LogP contribution in [0.1, 0.15) is 38.3 Å². The van der Waals surface area contributed by atoms with E-state index in [0.717, 1.165) is 36.6 Å². The van der Waals surface area contributed by atoms with E-state index in [1.807, 2.05) is 41.2 Å². The lowest BCUT2D eigenvalue weighted by Crippen LogP contribution is -2.38. The fourth-order valence-corrected chi connectivity index (χ4v) is 3.24.